The van der Waals surface area contributed by atoms with Crippen LogP contribution in [-0.2, 0) is 0 Å². The number of benzene rings is 1. The fraction of sp³-hybridized carbons (Fsp3) is 0.154. The molecule has 2 nitrogen and oxygen atoms in total. The molecule has 0 aliphatic rings. The average molecular weight is 271 g/mol. The lowest BCUT2D eigenvalue weighted by atomic mass is 10.1. The number of pyridine rings is 1. The Hall–Kier alpha value is -2.11. The van der Waals surface area contributed by atoms with Crippen LogP contribution in [-0.4, -0.2) is 11.3 Å². The van der Waals surface area contributed by atoms with Gasteiger partial charge in [-0.1, -0.05) is 12.1 Å². The fourth-order valence-corrected chi connectivity index (χ4v) is 1.59. The van der Waals surface area contributed by atoms with Gasteiger partial charge >= 0.3 is 6.36 Å². The van der Waals surface area contributed by atoms with Crippen LogP contribution in [0.1, 0.15) is 5.56 Å². The highest BCUT2D eigenvalue weighted by molar-refractivity contribution is 5.61. The van der Waals surface area contributed by atoms with Crippen molar-refractivity contribution in [2.75, 3.05) is 0 Å². The Labute approximate surface area is 106 Å². The third-order valence-electron chi connectivity index (χ3n) is 2.32. The maximum absolute atomic E-state index is 13.7. The number of hydrogen-bond acceptors (Lipinski definition) is 2. The Bertz CT molecular complexity index is 595. The van der Waals surface area contributed by atoms with E-state index in [-0.39, 0.29) is 11.3 Å². The first-order valence-corrected chi connectivity index (χ1v) is 5.33. The van der Waals surface area contributed by atoms with Gasteiger partial charge in [-0.2, -0.15) is 0 Å². The summed E-state index contributed by atoms with van der Waals surface area (Å²) in [5.74, 6) is -1.00. The van der Waals surface area contributed by atoms with Gasteiger partial charge in [0.05, 0.1) is 0 Å². The van der Waals surface area contributed by atoms with Crippen LogP contribution < -0.4 is 4.74 Å². The van der Waals surface area contributed by atoms with Crippen molar-refractivity contribution in [3.8, 4) is 17.0 Å². The maximum atomic E-state index is 13.7. The minimum absolute atomic E-state index is 0.0155. The highest BCUT2D eigenvalue weighted by Gasteiger charge is 2.31. The minimum Gasteiger partial charge on any atom is -0.406 e. The lowest BCUT2D eigenvalue weighted by molar-refractivity contribution is -0.274. The summed E-state index contributed by atoms with van der Waals surface area (Å²) >= 11 is 0. The third-order valence-corrected chi connectivity index (χ3v) is 2.32. The molecule has 0 spiro atoms. The summed E-state index contributed by atoms with van der Waals surface area (Å²) in [6.07, 6.45) is -3.34. The summed E-state index contributed by atoms with van der Waals surface area (Å²) in [4.78, 5) is 3.87. The lowest BCUT2D eigenvalue weighted by Crippen LogP contribution is -2.17. The van der Waals surface area contributed by atoms with Crippen LogP contribution in [0.4, 0.5) is 17.6 Å². The third kappa shape index (κ3) is 3.43. The Balaban J connectivity index is 2.38. The van der Waals surface area contributed by atoms with Gasteiger partial charge in [-0.15, -0.1) is 13.2 Å². The number of ether oxygens (including phenoxy) is 1. The van der Waals surface area contributed by atoms with E-state index in [1.165, 1.54) is 24.4 Å². The second-order valence-corrected chi connectivity index (χ2v) is 3.92. The van der Waals surface area contributed by atoms with Crippen LogP contribution in [0.3, 0.4) is 0 Å². The minimum atomic E-state index is -4.78. The number of hydrogen-bond donors (Lipinski definition) is 0. The quantitative estimate of drug-likeness (QED) is 0.767. The molecule has 0 fully saturated rings. The molecular weight excluding hydrogens is 262 g/mol. The van der Waals surface area contributed by atoms with Crippen molar-refractivity contribution in [2.24, 2.45) is 0 Å². The molecule has 1 aromatic carbocycles. The van der Waals surface area contributed by atoms with E-state index < -0.39 is 17.9 Å². The average Bonchev–Trinajstić information content (AvgIpc) is 2.26. The summed E-state index contributed by atoms with van der Waals surface area (Å²) in [6, 6.07) is 6.30. The molecule has 2 rings (SSSR count). The number of rotatable bonds is 2. The van der Waals surface area contributed by atoms with E-state index in [2.05, 4.69) is 9.72 Å². The molecule has 0 saturated heterocycles. The summed E-state index contributed by atoms with van der Waals surface area (Å²) in [5.41, 5.74) is 0.835. The maximum Gasteiger partial charge on any atom is 0.573 e. The summed E-state index contributed by atoms with van der Waals surface area (Å²) < 4.78 is 53.7. The molecule has 0 bridgehead atoms. The van der Waals surface area contributed by atoms with E-state index in [4.69, 9.17) is 0 Å². The summed E-state index contributed by atoms with van der Waals surface area (Å²) in [7, 11) is 0. The molecule has 0 aliphatic carbocycles. The van der Waals surface area contributed by atoms with E-state index in [1.54, 1.807) is 6.92 Å². The first-order valence-electron chi connectivity index (χ1n) is 5.33. The zero-order chi connectivity index (χ0) is 14.0. The topological polar surface area (TPSA) is 22.1 Å². The van der Waals surface area contributed by atoms with Gasteiger partial charge in [-0.3, -0.25) is 4.98 Å². The standard InChI is InChI=1S/C13H9F4NO/c1-8-5-11(14)12(18-7-8)9-3-2-4-10(6-9)19-13(15,16)17/h2-7H,1H3. The second-order valence-electron chi connectivity index (χ2n) is 3.92. The fourth-order valence-electron chi connectivity index (χ4n) is 1.59. The zero-order valence-corrected chi connectivity index (χ0v) is 9.83. The van der Waals surface area contributed by atoms with Crippen molar-refractivity contribution in [3.05, 3.63) is 47.9 Å². The van der Waals surface area contributed by atoms with Gasteiger partial charge in [0.15, 0.2) is 0 Å². The number of aromatic nitrogens is 1. The van der Waals surface area contributed by atoms with E-state index in [0.29, 0.717) is 5.56 Å². The molecule has 100 valence electrons. The van der Waals surface area contributed by atoms with Crippen LogP contribution in [0.25, 0.3) is 11.3 Å². The molecule has 1 heterocycles. The van der Waals surface area contributed by atoms with Gasteiger partial charge < -0.3 is 4.74 Å². The van der Waals surface area contributed by atoms with Crippen LogP contribution in [0.2, 0.25) is 0 Å². The first kappa shape index (κ1) is 13.3. The van der Waals surface area contributed by atoms with Crippen LogP contribution >= 0.6 is 0 Å². The Morgan fingerprint density at radius 1 is 1.16 bits per heavy atom. The second kappa shape index (κ2) is 4.87. The van der Waals surface area contributed by atoms with Crippen molar-refractivity contribution in [2.45, 2.75) is 13.3 Å². The molecular formula is C13H9F4NO. The molecule has 0 aliphatic heterocycles. The molecule has 19 heavy (non-hydrogen) atoms. The van der Waals surface area contributed by atoms with E-state index in [9.17, 15) is 17.6 Å². The van der Waals surface area contributed by atoms with Gasteiger partial charge in [0.2, 0.25) is 0 Å². The number of aryl methyl sites for hydroxylation is 1. The van der Waals surface area contributed by atoms with Gasteiger partial charge in [-0.05, 0) is 30.7 Å². The normalized spacial score (nSPS) is 11.4. The molecule has 0 saturated carbocycles. The zero-order valence-electron chi connectivity index (χ0n) is 9.83. The van der Waals surface area contributed by atoms with Crippen molar-refractivity contribution < 1.29 is 22.3 Å². The summed E-state index contributed by atoms with van der Waals surface area (Å²) in [6.45, 7) is 1.67. The monoisotopic (exact) mass is 271 g/mol. The molecule has 0 atom stereocenters. The Morgan fingerprint density at radius 2 is 1.89 bits per heavy atom. The highest BCUT2D eigenvalue weighted by atomic mass is 19.4. The van der Waals surface area contributed by atoms with Crippen molar-refractivity contribution in [3.63, 3.8) is 0 Å². The number of nitrogens with zero attached hydrogens (tertiary/aromatic N) is 1. The summed E-state index contributed by atoms with van der Waals surface area (Å²) in [5, 5.41) is 0. The van der Waals surface area contributed by atoms with E-state index >= 15 is 0 Å². The predicted molar refractivity (Wildman–Crippen MR) is 61.1 cm³/mol. The van der Waals surface area contributed by atoms with Gasteiger partial charge in [0, 0.05) is 11.8 Å². The van der Waals surface area contributed by atoms with Crippen molar-refractivity contribution >= 4 is 0 Å². The van der Waals surface area contributed by atoms with Crippen LogP contribution in [0, 0.1) is 12.7 Å². The molecule has 0 N–H and O–H groups in total. The van der Waals surface area contributed by atoms with Gasteiger partial charge in [0.1, 0.15) is 17.3 Å². The molecule has 2 aromatic rings. The predicted octanol–water partition coefficient (Wildman–Crippen LogP) is 4.09. The Morgan fingerprint density at radius 3 is 2.53 bits per heavy atom. The van der Waals surface area contributed by atoms with Crippen molar-refractivity contribution in [1.29, 1.82) is 0 Å². The molecule has 6 heteroatoms. The van der Waals surface area contributed by atoms with Crippen LogP contribution in [0.15, 0.2) is 36.5 Å². The first-order chi connectivity index (χ1) is 8.85. The lowest BCUT2D eigenvalue weighted by Gasteiger charge is -2.10. The smallest absolute Gasteiger partial charge is 0.406 e. The Kier molecular flexibility index (Phi) is 3.42. The largest absolute Gasteiger partial charge is 0.573 e. The van der Waals surface area contributed by atoms with Gasteiger partial charge in [-0.25, -0.2) is 4.39 Å². The number of alkyl halides is 3. The molecule has 0 unspecified atom stereocenters. The van der Waals surface area contributed by atoms with Gasteiger partial charge in [0.25, 0.3) is 0 Å². The van der Waals surface area contributed by atoms with E-state index in [0.717, 1.165) is 12.1 Å². The highest BCUT2D eigenvalue weighted by Crippen LogP contribution is 2.28. The molecule has 0 radical (unpaired) electrons. The van der Waals surface area contributed by atoms with Crippen LogP contribution in [0.5, 0.6) is 5.75 Å². The SMILES string of the molecule is Cc1cnc(-c2cccc(OC(F)(F)F)c2)c(F)c1. The van der Waals surface area contributed by atoms with E-state index in [1.807, 2.05) is 0 Å². The molecule has 0 amide bonds. The number of halogens is 4. The molecule has 1 aromatic heterocycles. The van der Waals surface area contributed by atoms with Crippen molar-refractivity contribution in [1.82, 2.24) is 4.98 Å².